The van der Waals surface area contributed by atoms with Crippen molar-refractivity contribution >= 4 is 5.97 Å². The first-order valence-corrected chi connectivity index (χ1v) is 3.49. The monoisotopic (exact) mass is 162 g/mol. The van der Waals surface area contributed by atoms with Gasteiger partial charge in [-0.1, -0.05) is 0 Å². The van der Waals surface area contributed by atoms with Crippen LogP contribution in [0.3, 0.4) is 0 Å². The van der Waals surface area contributed by atoms with Crippen LogP contribution in [0.5, 0.6) is 0 Å². The van der Waals surface area contributed by atoms with E-state index in [1.165, 1.54) is 0 Å². The third-order valence-electron chi connectivity index (χ3n) is 1.12. The first-order chi connectivity index (χ1) is 5.16. The maximum Gasteiger partial charge on any atom is 0.305 e. The average Bonchev–Trinajstić information content (AvgIpc) is 1.87. The minimum absolute atomic E-state index is 0.0284. The molecule has 0 saturated carbocycles. The fourth-order valence-electron chi connectivity index (χ4n) is 0.630. The van der Waals surface area contributed by atoms with Gasteiger partial charge < -0.3 is 14.6 Å². The van der Waals surface area contributed by atoms with Crippen molar-refractivity contribution < 1.29 is 19.4 Å². The van der Waals surface area contributed by atoms with Crippen LogP contribution in [0.25, 0.3) is 0 Å². The Labute approximate surface area is 66.1 Å². The second-order valence-electron chi connectivity index (χ2n) is 2.28. The standard InChI is InChI=1S/C7H14O4/c1-6(5-10-2)11-4-3-7(8)9/h6H,3-5H2,1-2H3,(H,8,9). The van der Waals surface area contributed by atoms with Crippen molar-refractivity contribution in [1.82, 2.24) is 0 Å². The molecule has 0 radical (unpaired) electrons. The van der Waals surface area contributed by atoms with E-state index in [2.05, 4.69) is 0 Å². The minimum Gasteiger partial charge on any atom is -0.481 e. The third-order valence-corrected chi connectivity index (χ3v) is 1.12. The normalized spacial score (nSPS) is 12.9. The van der Waals surface area contributed by atoms with Crippen LogP contribution in [-0.4, -0.2) is 37.5 Å². The number of methoxy groups -OCH3 is 1. The van der Waals surface area contributed by atoms with Crippen molar-refractivity contribution in [3.05, 3.63) is 0 Å². The molecular formula is C7H14O4. The van der Waals surface area contributed by atoms with Crippen molar-refractivity contribution in [3.63, 3.8) is 0 Å². The molecule has 0 aromatic heterocycles. The number of rotatable bonds is 6. The van der Waals surface area contributed by atoms with Crippen LogP contribution in [0.1, 0.15) is 13.3 Å². The summed E-state index contributed by atoms with van der Waals surface area (Å²) in [4.78, 5) is 10.0. The van der Waals surface area contributed by atoms with Gasteiger partial charge in [0.05, 0.1) is 25.7 Å². The fraction of sp³-hybridized carbons (Fsp3) is 0.857. The summed E-state index contributed by atoms with van der Waals surface area (Å²) < 4.78 is 9.88. The fourth-order valence-corrected chi connectivity index (χ4v) is 0.630. The van der Waals surface area contributed by atoms with Gasteiger partial charge in [0.25, 0.3) is 0 Å². The number of carboxylic acid groups (broad SMARTS) is 1. The quantitative estimate of drug-likeness (QED) is 0.618. The summed E-state index contributed by atoms with van der Waals surface area (Å²) in [7, 11) is 1.58. The van der Waals surface area contributed by atoms with Gasteiger partial charge in [-0.25, -0.2) is 0 Å². The average molecular weight is 162 g/mol. The van der Waals surface area contributed by atoms with Crippen molar-refractivity contribution in [3.8, 4) is 0 Å². The summed E-state index contributed by atoms with van der Waals surface area (Å²) in [5.74, 6) is -0.838. The van der Waals surface area contributed by atoms with Gasteiger partial charge >= 0.3 is 5.97 Å². The van der Waals surface area contributed by atoms with Gasteiger partial charge in [-0.3, -0.25) is 4.79 Å². The van der Waals surface area contributed by atoms with Crippen LogP contribution < -0.4 is 0 Å². The lowest BCUT2D eigenvalue weighted by molar-refractivity contribution is -0.138. The molecule has 0 aromatic rings. The molecular weight excluding hydrogens is 148 g/mol. The Morgan fingerprint density at radius 1 is 1.64 bits per heavy atom. The van der Waals surface area contributed by atoms with Crippen molar-refractivity contribution in [2.45, 2.75) is 19.4 Å². The van der Waals surface area contributed by atoms with E-state index in [9.17, 15) is 4.79 Å². The third kappa shape index (κ3) is 7.29. The van der Waals surface area contributed by atoms with Gasteiger partial charge in [0, 0.05) is 7.11 Å². The molecule has 0 aliphatic carbocycles. The Hall–Kier alpha value is -0.610. The topological polar surface area (TPSA) is 55.8 Å². The van der Waals surface area contributed by atoms with Crippen LogP contribution in [0, 0.1) is 0 Å². The van der Waals surface area contributed by atoms with Gasteiger partial charge in [0.15, 0.2) is 0 Å². The molecule has 0 fully saturated rings. The summed E-state index contributed by atoms with van der Waals surface area (Å²) >= 11 is 0. The Morgan fingerprint density at radius 3 is 2.73 bits per heavy atom. The zero-order valence-corrected chi connectivity index (χ0v) is 6.87. The van der Waals surface area contributed by atoms with E-state index in [1.54, 1.807) is 7.11 Å². The van der Waals surface area contributed by atoms with Gasteiger partial charge in [0.2, 0.25) is 0 Å². The summed E-state index contributed by atoms with van der Waals surface area (Å²) in [6.07, 6.45) is 0.0213. The molecule has 0 amide bonds. The first kappa shape index (κ1) is 10.4. The van der Waals surface area contributed by atoms with E-state index in [1.807, 2.05) is 6.92 Å². The van der Waals surface area contributed by atoms with Crippen LogP contribution in [-0.2, 0) is 14.3 Å². The maximum absolute atomic E-state index is 10.0. The minimum atomic E-state index is -0.838. The molecule has 0 bridgehead atoms. The first-order valence-electron chi connectivity index (χ1n) is 3.49. The summed E-state index contributed by atoms with van der Waals surface area (Å²) in [5.41, 5.74) is 0. The van der Waals surface area contributed by atoms with Crippen LogP contribution in [0.4, 0.5) is 0 Å². The Kier molecular flexibility index (Phi) is 5.78. The summed E-state index contributed by atoms with van der Waals surface area (Å²) in [6, 6.07) is 0. The zero-order chi connectivity index (χ0) is 8.69. The molecule has 0 aliphatic rings. The van der Waals surface area contributed by atoms with E-state index in [4.69, 9.17) is 14.6 Å². The van der Waals surface area contributed by atoms with Crippen LogP contribution >= 0.6 is 0 Å². The highest BCUT2D eigenvalue weighted by Crippen LogP contribution is 1.92. The van der Waals surface area contributed by atoms with E-state index in [0.717, 1.165) is 0 Å². The lowest BCUT2D eigenvalue weighted by Crippen LogP contribution is -2.16. The van der Waals surface area contributed by atoms with Gasteiger partial charge in [-0.05, 0) is 6.92 Å². The highest BCUT2D eigenvalue weighted by atomic mass is 16.5. The predicted molar refractivity (Wildman–Crippen MR) is 39.5 cm³/mol. The maximum atomic E-state index is 10.0. The molecule has 11 heavy (non-hydrogen) atoms. The number of aliphatic carboxylic acids is 1. The van der Waals surface area contributed by atoms with Crippen LogP contribution in [0.2, 0.25) is 0 Å². The number of hydrogen-bond donors (Lipinski definition) is 1. The van der Waals surface area contributed by atoms with Gasteiger partial charge in [-0.2, -0.15) is 0 Å². The Balaban J connectivity index is 3.16. The van der Waals surface area contributed by atoms with E-state index < -0.39 is 5.97 Å². The van der Waals surface area contributed by atoms with Crippen molar-refractivity contribution in [1.29, 1.82) is 0 Å². The zero-order valence-electron chi connectivity index (χ0n) is 6.87. The molecule has 0 heterocycles. The van der Waals surface area contributed by atoms with E-state index >= 15 is 0 Å². The van der Waals surface area contributed by atoms with E-state index in [0.29, 0.717) is 6.61 Å². The van der Waals surface area contributed by atoms with E-state index in [-0.39, 0.29) is 19.1 Å². The Morgan fingerprint density at radius 2 is 2.27 bits per heavy atom. The number of ether oxygens (including phenoxy) is 2. The van der Waals surface area contributed by atoms with Gasteiger partial charge in [-0.15, -0.1) is 0 Å². The number of hydrogen-bond acceptors (Lipinski definition) is 3. The molecule has 0 rings (SSSR count). The lowest BCUT2D eigenvalue weighted by Gasteiger charge is -2.09. The summed E-state index contributed by atoms with van der Waals surface area (Å²) in [6.45, 7) is 2.59. The van der Waals surface area contributed by atoms with Crippen molar-refractivity contribution in [2.24, 2.45) is 0 Å². The largest absolute Gasteiger partial charge is 0.481 e. The molecule has 1 unspecified atom stereocenters. The molecule has 1 N–H and O–H groups in total. The predicted octanol–water partition coefficient (Wildman–Crippen LogP) is 0.513. The second kappa shape index (κ2) is 6.12. The second-order valence-corrected chi connectivity index (χ2v) is 2.28. The molecule has 0 aromatic carbocycles. The highest BCUT2D eigenvalue weighted by Gasteiger charge is 2.02. The molecule has 66 valence electrons. The molecule has 4 heteroatoms. The smallest absolute Gasteiger partial charge is 0.305 e. The number of carbonyl (C=O) groups is 1. The van der Waals surface area contributed by atoms with Crippen molar-refractivity contribution in [2.75, 3.05) is 20.3 Å². The van der Waals surface area contributed by atoms with Gasteiger partial charge in [0.1, 0.15) is 0 Å². The summed E-state index contributed by atoms with van der Waals surface area (Å²) in [5, 5.41) is 8.25. The molecule has 1 atom stereocenters. The molecule has 0 aliphatic heterocycles. The Bertz CT molecular complexity index is 113. The molecule has 0 saturated heterocycles. The molecule has 4 nitrogen and oxygen atoms in total. The lowest BCUT2D eigenvalue weighted by atomic mass is 10.4. The molecule has 0 spiro atoms. The highest BCUT2D eigenvalue weighted by molar-refractivity contribution is 5.66. The SMILES string of the molecule is COCC(C)OCCC(=O)O. The number of carboxylic acids is 1. The van der Waals surface area contributed by atoms with Crippen LogP contribution in [0.15, 0.2) is 0 Å².